The Morgan fingerprint density at radius 2 is 1.73 bits per heavy atom. The van der Waals surface area contributed by atoms with Gasteiger partial charge >= 0.3 is 0 Å². The Hall–Kier alpha value is -1.11. The van der Waals surface area contributed by atoms with Gasteiger partial charge in [-0.3, -0.25) is 4.79 Å². The standard InChI is InChI=1S/C10H10O.2C2H6/c11-10-7-6-8-4-2-1-3-5-9(8)10;2*1-2/h1-2,4-5H,3,6-7H2;2*1-2H3. The van der Waals surface area contributed by atoms with Gasteiger partial charge in [0.05, 0.1) is 0 Å². The first-order chi connectivity index (χ1) is 7.38. The van der Waals surface area contributed by atoms with Crippen LogP contribution < -0.4 is 0 Å². The summed E-state index contributed by atoms with van der Waals surface area (Å²) in [5.41, 5.74) is 2.19. The van der Waals surface area contributed by atoms with Gasteiger partial charge in [0.15, 0.2) is 5.78 Å². The molecule has 0 radical (unpaired) electrons. The second kappa shape index (κ2) is 8.22. The average Bonchev–Trinajstić information content (AvgIpc) is 2.56. The Morgan fingerprint density at radius 1 is 1.07 bits per heavy atom. The molecule has 0 N–H and O–H groups in total. The number of Topliss-reactive ketones (excluding diaryl/α,β-unsaturated/α-hetero) is 1. The highest BCUT2D eigenvalue weighted by atomic mass is 16.1. The number of fused-ring (bicyclic) bond motifs is 1. The number of hydrogen-bond acceptors (Lipinski definition) is 1. The summed E-state index contributed by atoms with van der Waals surface area (Å²) < 4.78 is 0. The van der Waals surface area contributed by atoms with Crippen molar-refractivity contribution in [3.8, 4) is 0 Å². The maximum atomic E-state index is 11.2. The molecule has 0 heterocycles. The Kier molecular flexibility index (Phi) is 7.61. The Labute approximate surface area is 93.6 Å². The van der Waals surface area contributed by atoms with Crippen LogP contribution in [0.4, 0.5) is 0 Å². The Balaban J connectivity index is 0.000000442. The molecule has 2 aliphatic rings. The molecule has 15 heavy (non-hydrogen) atoms. The third-order valence-corrected chi connectivity index (χ3v) is 2.16. The summed E-state index contributed by atoms with van der Waals surface area (Å²) in [7, 11) is 0. The first kappa shape index (κ1) is 13.9. The van der Waals surface area contributed by atoms with Gasteiger partial charge in [0, 0.05) is 12.0 Å². The van der Waals surface area contributed by atoms with Gasteiger partial charge in [-0.1, -0.05) is 52.0 Å². The molecule has 0 aromatic carbocycles. The molecular weight excluding hydrogens is 184 g/mol. The summed E-state index contributed by atoms with van der Waals surface area (Å²) in [5, 5.41) is 0. The third kappa shape index (κ3) is 3.86. The van der Waals surface area contributed by atoms with Crippen LogP contribution in [0.15, 0.2) is 35.5 Å². The second-order valence-corrected chi connectivity index (χ2v) is 2.90. The second-order valence-electron chi connectivity index (χ2n) is 2.90. The molecule has 2 aliphatic carbocycles. The van der Waals surface area contributed by atoms with Crippen molar-refractivity contribution in [2.24, 2.45) is 0 Å². The molecule has 1 nitrogen and oxygen atoms in total. The molecule has 0 atom stereocenters. The highest BCUT2D eigenvalue weighted by molar-refractivity contribution is 6.02. The van der Waals surface area contributed by atoms with Crippen LogP contribution in [-0.4, -0.2) is 5.78 Å². The minimum Gasteiger partial charge on any atom is -0.294 e. The lowest BCUT2D eigenvalue weighted by Gasteiger charge is -1.93. The first-order valence-corrected chi connectivity index (χ1v) is 5.97. The van der Waals surface area contributed by atoms with Crippen LogP contribution in [0.1, 0.15) is 47.0 Å². The zero-order valence-corrected chi connectivity index (χ0v) is 10.3. The number of rotatable bonds is 0. The van der Waals surface area contributed by atoms with Crippen molar-refractivity contribution in [2.75, 3.05) is 0 Å². The van der Waals surface area contributed by atoms with Gasteiger partial charge in [-0.2, -0.15) is 0 Å². The lowest BCUT2D eigenvalue weighted by atomic mass is 10.1. The molecule has 0 aliphatic heterocycles. The van der Waals surface area contributed by atoms with Crippen LogP contribution in [0.2, 0.25) is 0 Å². The number of allylic oxidation sites excluding steroid dienone is 6. The largest absolute Gasteiger partial charge is 0.294 e. The lowest BCUT2D eigenvalue weighted by molar-refractivity contribution is -0.114. The van der Waals surface area contributed by atoms with E-state index >= 15 is 0 Å². The molecule has 0 aromatic heterocycles. The molecular formula is C14H22O. The molecule has 1 saturated carbocycles. The Bertz CT molecular complexity index is 280. The normalized spacial score (nSPS) is 17.2. The van der Waals surface area contributed by atoms with E-state index in [1.54, 1.807) is 0 Å². The minimum absolute atomic E-state index is 0.319. The van der Waals surface area contributed by atoms with Crippen LogP contribution in [0.25, 0.3) is 0 Å². The van der Waals surface area contributed by atoms with Crippen molar-refractivity contribution in [3.05, 3.63) is 35.5 Å². The van der Waals surface area contributed by atoms with Crippen molar-refractivity contribution < 1.29 is 4.79 Å². The van der Waals surface area contributed by atoms with E-state index < -0.39 is 0 Å². The summed E-state index contributed by atoms with van der Waals surface area (Å²) >= 11 is 0. The number of hydrogen-bond donors (Lipinski definition) is 0. The maximum Gasteiger partial charge on any atom is 0.163 e. The van der Waals surface area contributed by atoms with Gasteiger partial charge in [0.2, 0.25) is 0 Å². The van der Waals surface area contributed by atoms with Crippen LogP contribution in [0, 0.1) is 0 Å². The summed E-state index contributed by atoms with van der Waals surface area (Å²) in [4.78, 5) is 11.2. The van der Waals surface area contributed by atoms with Crippen LogP contribution >= 0.6 is 0 Å². The molecule has 84 valence electrons. The van der Waals surface area contributed by atoms with Gasteiger partial charge in [0.1, 0.15) is 0 Å². The maximum absolute atomic E-state index is 11.2. The van der Waals surface area contributed by atoms with E-state index in [9.17, 15) is 4.79 Å². The summed E-state index contributed by atoms with van der Waals surface area (Å²) in [6.45, 7) is 8.00. The number of carbonyl (C=O) groups excluding carboxylic acids is 1. The van der Waals surface area contributed by atoms with E-state index in [1.165, 1.54) is 5.57 Å². The smallest absolute Gasteiger partial charge is 0.163 e. The minimum atomic E-state index is 0.319. The van der Waals surface area contributed by atoms with Crippen molar-refractivity contribution >= 4 is 5.78 Å². The topological polar surface area (TPSA) is 17.1 Å². The molecule has 0 unspecified atom stereocenters. The number of ketones is 1. The molecule has 0 saturated heterocycles. The third-order valence-electron chi connectivity index (χ3n) is 2.16. The van der Waals surface area contributed by atoms with Crippen molar-refractivity contribution in [2.45, 2.75) is 47.0 Å². The zero-order chi connectivity index (χ0) is 11.7. The van der Waals surface area contributed by atoms with Crippen LogP contribution in [0.5, 0.6) is 0 Å². The fourth-order valence-corrected chi connectivity index (χ4v) is 1.56. The van der Waals surface area contributed by atoms with E-state index in [1.807, 2.05) is 39.8 Å². The molecule has 0 spiro atoms. The van der Waals surface area contributed by atoms with Gasteiger partial charge in [0.25, 0.3) is 0 Å². The monoisotopic (exact) mass is 206 g/mol. The fraction of sp³-hybridized carbons (Fsp3) is 0.500. The predicted molar refractivity (Wildman–Crippen MR) is 66.9 cm³/mol. The van der Waals surface area contributed by atoms with Gasteiger partial charge < -0.3 is 0 Å². The van der Waals surface area contributed by atoms with E-state index in [0.717, 1.165) is 18.4 Å². The SMILES string of the molecule is CC.CC.O=C1CCC2=CC=CCC=C12. The lowest BCUT2D eigenvalue weighted by Crippen LogP contribution is -1.91. The molecule has 0 amide bonds. The zero-order valence-electron chi connectivity index (χ0n) is 10.3. The highest BCUT2D eigenvalue weighted by Gasteiger charge is 2.21. The first-order valence-electron chi connectivity index (χ1n) is 5.97. The number of carbonyl (C=O) groups is 1. The van der Waals surface area contributed by atoms with E-state index in [2.05, 4.69) is 12.2 Å². The average molecular weight is 206 g/mol. The van der Waals surface area contributed by atoms with Gasteiger partial charge in [-0.05, 0) is 18.4 Å². The van der Waals surface area contributed by atoms with E-state index in [0.29, 0.717) is 12.2 Å². The molecule has 1 heteroatoms. The quantitative estimate of drug-likeness (QED) is 0.580. The molecule has 0 aromatic rings. The fourth-order valence-electron chi connectivity index (χ4n) is 1.56. The van der Waals surface area contributed by atoms with Gasteiger partial charge in [-0.15, -0.1) is 0 Å². The van der Waals surface area contributed by atoms with Crippen molar-refractivity contribution in [1.29, 1.82) is 0 Å². The van der Waals surface area contributed by atoms with Crippen LogP contribution in [0.3, 0.4) is 0 Å². The van der Waals surface area contributed by atoms with Gasteiger partial charge in [-0.25, -0.2) is 0 Å². The summed E-state index contributed by atoms with van der Waals surface area (Å²) in [6, 6.07) is 0. The van der Waals surface area contributed by atoms with E-state index in [4.69, 9.17) is 0 Å². The van der Waals surface area contributed by atoms with Crippen LogP contribution in [-0.2, 0) is 4.79 Å². The van der Waals surface area contributed by atoms with Crippen molar-refractivity contribution in [3.63, 3.8) is 0 Å². The van der Waals surface area contributed by atoms with E-state index in [-0.39, 0.29) is 0 Å². The molecule has 2 rings (SSSR count). The molecule has 1 fully saturated rings. The highest BCUT2D eigenvalue weighted by Crippen LogP contribution is 2.28. The Morgan fingerprint density at radius 3 is 2.40 bits per heavy atom. The molecule has 0 bridgehead atoms. The van der Waals surface area contributed by atoms with Crippen molar-refractivity contribution in [1.82, 2.24) is 0 Å². The summed E-state index contributed by atoms with van der Waals surface area (Å²) in [6.07, 6.45) is 10.8. The summed E-state index contributed by atoms with van der Waals surface area (Å²) in [5.74, 6) is 0.319. The predicted octanol–water partition coefficient (Wildman–Crippen LogP) is 4.21.